The number of methoxy groups -OCH3 is 1. The van der Waals surface area contributed by atoms with Gasteiger partial charge in [0.15, 0.2) is 0 Å². The lowest BCUT2D eigenvalue weighted by Gasteiger charge is -2.17. The molecule has 3 nitrogen and oxygen atoms in total. The van der Waals surface area contributed by atoms with E-state index in [1.165, 1.54) is 19.2 Å². The van der Waals surface area contributed by atoms with Crippen LogP contribution in [0.3, 0.4) is 0 Å². The zero-order valence-corrected chi connectivity index (χ0v) is 14.8. The lowest BCUT2D eigenvalue weighted by atomic mass is 9.88. The van der Waals surface area contributed by atoms with Gasteiger partial charge in [-0.15, -0.1) is 0 Å². The van der Waals surface area contributed by atoms with Crippen molar-refractivity contribution in [1.29, 1.82) is 0 Å². The van der Waals surface area contributed by atoms with Gasteiger partial charge in [0.1, 0.15) is 5.75 Å². The van der Waals surface area contributed by atoms with Crippen LogP contribution in [-0.2, 0) is 11.0 Å². The molecule has 2 aromatic rings. The summed E-state index contributed by atoms with van der Waals surface area (Å²) in [5.74, 6) is -1.01. The molecule has 1 atom stereocenters. The lowest BCUT2D eigenvalue weighted by Crippen LogP contribution is -2.14. The van der Waals surface area contributed by atoms with E-state index in [1.807, 2.05) is 13.8 Å². The molecule has 0 aliphatic rings. The van der Waals surface area contributed by atoms with E-state index in [4.69, 9.17) is 4.74 Å². The van der Waals surface area contributed by atoms with E-state index in [0.717, 1.165) is 12.1 Å². The molecule has 0 radical (unpaired) electrons. The third-order valence-electron chi connectivity index (χ3n) is 4.12. The zero-order valence-electron chi connectivity index (χ0n) is 14.8. The molecule has 0 bridgehead atoms. The van der Waals surface area contributed by atoms with Crippen molar-refractivity contribution in [2.75, 3.05) is 7.11 Å². The lowest BCUT2D eigenvalue weighted by molar-refractivity contribution is -0.139. The second kappa shape index (κ2) is 7.81. The summed E-state index contributed by atoms with van der Waals surface area (Å²) in [6.07, 6.45) is -3.95. The van der Waals surface area contributed by atoms with Gasteiger partial charge in [-0.1, -0.05) is 32.0 Å². The van der Waals surface area contributed by atoms with Gasteiger partial charge in [-0.25, -0.2) is 0 Å². The number of carboxylic acid groups (broad SMARTS) is 1. The summed E-state index contributed by atoms with van der Waals surface area (Å²) < 4.78 is 43.5. The average molecular weight is 366 g/mol. The van der Waals surface area contributed by atoms with E-state index in [9.17, 15) is 23.1 Å². The largest absolute Gasteiger partial charge is 0.497 e. The van der Waals surface area contributed by atoms with Crippen molar-refractivity contribution in [3.63, 3.8) is 0 Å². The molecule has 140 valence electrons. The van der Waals surface area contributed by atoms with Gasteiger partial charge in [0.25, 0.3) is 0 Å². The molecule has 2 rings (SSSR count). The number of halogens is 3. The van der Waals surface area contributed by atoms with Gasteiger partial charge in [-0.05, 0) is 53.3 Å². The van der Waals surface area contributed by atoms with Crippen molar-refractivity contribution < 1.29 is 27.8 Å². The van der Waals surface area contributed by atoms with Crippen molar-refractivity contribution in [2.24, 2.45) is 5.92 Å². The highest BCUT2D eigenvalue weighted by Crippen LogP contribution is 2.34. The summed E-state index contributed by atoms with van der Waals surface area (Å²) in [6, 6.07) is 9.81. The zero-order chi connectivity index (χ0) is 19.5. The normalized spacial score (nSPS) is 12.9. The summed E-state index contributed by atoms with van der Waals surface area (Å²) >= 11 is 0. The fraction of sp³-hybridized carbons (Fsp3) is 0.350. The molecule has 0 spiro atoms. The molecule has 0 saturated heterocycles. The number of ether oxygens (including phenoxy) is 1. The van der Waals surface area contributed by atoms with Crippen molar-refractivity contribution >= 4 is 5.97 Å². The van der Waals surface area contributed by atoms with Crippen LogP contribution in [0.15, 0.2) is 42.5 Å². The standard InChI is InChI=1S/C20H21F3O3/c1-12(2)8-18(19(24)25)15-9-14(10-17(11-15)26-3)13-4-6-16(7-5-13)20(21,22)23/h4-7,9-12,18H,8H2,1-3H3,(H,24,25). The van der Waals surface area contributed by atoms with Crippen LogP contribution in [0.2, 0.25) is 0 Å². The van der Waals surface area contributed by atoms with Crippen molar-refractivity contribution in [2.45, 2.75) is 32.4 Å². The van der Waals surface area contributed by atoms with E-state index in [1.54, 1.807) is 18.2 Å². The first-order valence-corrected chi connectivity index (χ1v) is 8.21. The van der Waals surface area contributed by atoms with E-state index in [2.05, 4.69) is 0 Å². The molecule has 0 heterocycles. The first kappa shape index (κ1) is 19.8. The predicted octanol–water partition coefficient (Wildman–Crippen LogP) is 5.60. The molecule has 6 heteroatoms. The van der Waals surface area contributed by atoms with Crippen LogP contribution in [0, 0.1) is 5.92 Å². The van der Waals surface area contributed by atoms with Crippen molar-refractivity contribution in [3.8, 4) is 16.9 Å². The second-order valence-corrected chi connectivity index (χ2v) is 6.59. The molecule has 0 fully saturated rings. The van der Waals surface area contributed by atoms with Crippen LogP contribution in [0.1, 0.15) is 37.3 Å². The maximum atomic E-state index is 12.7. The Bertz CT molecular complexity index is 765. The summed E-state index contributed by atoms with van der Waals surface area (Å²) in [6.45, 7) is 3.87. The fourth-order valence-electron chi connectivity index (χ4n) is 2.81. The highest BCUT2D eigenvalue weighted by atomic mass is 19.4. The highest BCUT2D eigenvalue weighted by Gasteiger charge is 2.30. The van der Waals surface area contributed by atoms with Gasteiger partial charge in [0.05, 0.1) is 18.6 Å². The number of rotatable bonds is 6. The van der Waals surface area contributed by atoms with Gasteiger partial charge in [0, 0.05) is 0 Å². The third kappa shape index (κ3) is 4.77. The number of carbonyl (C=O) groups is 1. The smallest absolute Gasteiger partial charge is 0.416 e. The van der Waals surface area contributed by atoms with Crippen LogP contribution < -0.4 is 4.74 Å². The summed E-state index contributed by atoms with van der Waals surface area (Å²) in [5, 5.41) is 9.56. The van der Waals surface area contributed by atoms with Gasteiger partial charge in [0.2, 0.25) is 0 Å². The summed E-state index contributed by atoms with van der Waals surface area (Å²) in [4.78, 5) is 11.7. The molecule has 0 amide bonds. The Morgan fingerprint density at radius 2 is 1.69 bits per heavy atom. The van der Waals surface area contributed by atoms with E-state index >= 15 is 0 Å². The van der Waals surface area contributed by atoms with Crippen LogP contribution in [0.4, 0.5) is 13.2 Å². The number of hydrogen-bond donors (Lipinski definition) is 1. The Kier molecular flexibility index (Phi) is 5.95. The molecule has 0 aromatic heterocycles. The van der Waals surface area contributed by atoms with Crippen LogP contribution in [0.5, 0.6) is 5.75 Å². The monoisotopic (exact) mass is 366 g/mol. The number of aliphatic carboxylic acids is 1. The predicted molar refractivity (Wildman–Crippen MR) is 93.3 cm³/mol. The van der Waals surface area contributed by atoms with Crippen LogP contribution in [-0.4, -0.2) is 18.2 Å². The molecule has 2 aromatic carbocycles. The van der Waals surface area contributed by atoms with Gasteiger partial charge in [-0.3, -0.25) is 4.79 Å². The number of alkyl halides is 3. The Morgan fingerprint density at radius 1 is 1.08 bits per heavy atom. The molecule has 0 aliphatic heterocycles. The first-order chi connectivity index (χ1) is 12.1. The Hall–Kier alpha value is -2.50. The van der Waals surface area contributed by atoms with Gasteiger partial charge in [-0.2, -0.15) is 13.2 Å². The minimum Gasteiger partial charge on any atom is -0.497 e. The van der Waals surface area contributed by atoms with Gasteiger partial charge >= 0.3 is 12.1 Å². The highest BCUT2D eigenvalue weighted by molar-refractivity contribution is 5.78. The summed E-state index contributed by atoms with van der Waals surface area (Å²) in [5.41, 5.74) is 1.02. The summed E-state index contributed by atoms with van der Waals surface area (Å²) in [7, 11) is 1.47. The van der Waals surface area contributed by atoms with E-state index < -0.39 is 23.6 Å². The topological polar surface area (TPSA) is 46.5 Å². The third-order valence-corrected chi connectivity index (χ3v) is 4.12. The van der Waals surface area contributed by atoms with Crippen LogP contribution in [0.25, 0.3) is 11.1 Å². The van der Waals surface area contributed by atoms with Crippen molar-refractivity contribution in [3.05, 3.63) is 53.6 Å². The molecular formula is C20H21F3O3. The molecular weight excluding hydrogens is 345 g/mol. The SMILES string of the molecule is COc1cc(-c2ccc(C(F)(F)F)cc2)cc(C(CC(C)C)C(=O)O)c1. The van der Waals surface area contributed by atoms with E-state index in [-0.39, 0.29) is 5.92 Å². The number of benzene rings is 2. The molecule has 0 aliphatic carbocycles. The molecule has 1 N–H and O–H groups in total. The Morgan fingerprint density at radius 3 is 2.15 bits per heavy atom. The first-order valence-electron chi connectivity index (χ1n) is 8.21. The van der Waals surface area contributed by atoms with Gasteiger partial charge < -0.3 is 9.84 Å². The maximum absolute atomic E-state index is 12.7. The Labute approximate surface area is 150 Å². The minimum absolute atomic E-state index is 0.178. The van der Waals surface area contributed by atoms with E-state index in [0.29, 0.717) is 28.9 Å². The molecule has 1 unspecified atom stereocenters. The molecule has 26 heavy (non-hydrogen) atoms. The Balaban J connectivity index is 2.48. The van der Waals surface area contributed by atoms with Crippen molar-refractivity contribution in [1.82, 2.24) is 0 Å². The number of carboxylic acids is 1. The quantitative estimate of drug-likeness (QED) is 0.724. The fourth-order valence-corrected chi connectivity index (χ4v) is 2.81. The second-order valence-electron chi connectivity index (χ2n) is 6.59. The van der Waals surface area contributed by atoms with Crippen LogP contribution >= 0.6 is 0 Å². The number of hydrogen-bond acceptors (Lipinski definition) is 2. The maximum Gasteiger partial charge on any atom is 0.416 e. The molecule has 0 saturated carbocycles. The average Bonchev–Trinajstić information content (AvgIpc) is 2.58. The minimum atomic E-state index is -4.40.